The lowest BCUT2D eigenvalue weighted by atomic mass is 10.1. The lowest BCUT2D eigenvalue weighted by Gasteiger charge is -2.17. The maximum atomic E-state index is 12.7. The van der Waals surface area contributed by atoms with E-state index >= 15 is 0 Å². The number of ether oxygens (including phenoxy) is 1. The van der Waals surface area contributed by atoms with Crippen LogP contribution in [0, 0.1) is 0 Å². The van der Waals surface area contributed by atoms with E-state index in [4.69, 9.17) is 4.74 Å². The quantitative estimate of drug-likeness (QED) is 0.498. The van der Waals surface area contributed by atoms with Gasteiger partial charge in [-0.2, -0.15) is 0 Å². The van der Waals surface area contributed by atoms with Crippen LogP contribution in [0.1, 0.15) is 37.9 Å². The first-order valence-corrected chi connectivity index (χ1v) is 10.8. The molecule has 0 saturated heterocycles. The molecule has 0 aliphatic rings. The summed E-state index contributed by atoms with van der Waals surface area (Å²) >= 11 is 0. The van der Waals surface area contributed by atoms with E-state index in [0.29, 0.717) is 12.2 Å². The number of hydrogen-bond acceptors (Lipinski definition) is 5. The fraction of sp³-hybridized carbons (Fsp3) is 0.280. The highest BCUT2D eigenvalue weighted by molar-refractivity contribution is 5.96. The second-order valence-electron chi connectivity index (χ2n) is 7.36. The van der Waals surface area contributed by atoms with Crippen LogP contribution in [0.15, 0.2) is 66.9 Å². The average Bonchev–Trinajstić information content (AvgIpc) is 2.80. The Hall–Kier alpha value is -3.74. The number of rotatable bonds is 10. The number of hydrogen-bond donors (Lipinski definition) is 2. The van der Waals surface area contributed by atoms with Crippen molar-refractivity contribution in [2.75, 3.05) is 5.32 Å². The normalized spacial score (nSPS) is 11.4. The van der Waals surface area contributed by atoms with E-state index in [0.717, 1.165) is 29.8 Å². The SMILES string of the molecule is CCCC(NC(=O)Cc1cccc(Oc2ccccc2)c1)C(=O)Nc1nccc(CC)n1. The third-order valence-electron chi connectivity index (χ3n) is 4.78. The molecule has 2 aromatic carbocycles. The van der Waals surface area contributed by atoms with Crippen molar-refractivity contribution in [3.8, 4) is 11.5 Å². The molecular formula is C25H28N4O3. The Kier molecular flexibility index (Phi) is 8.31. The molecular weight excluding hydrogens is 404 g/mol. The molecule has 3 rings (SSSR count). The number of nitrogens with zero attached hydrogens (tertiary/aromatic N) is 2. The predicted octanol–water partition coefficient (Wildman–Crippen LogP) is 4.30. The summed E-state index contributed by atoms with van der Waals surface area (Å²) in [6.07, 6.45) is 3.76. The summed E-state index contributed by atoms with van der Waals surface area (Å²) in [5.41, 5.74) is 1.63. The molecule has 2 N–H and O–H groups in total. The number of carbonyl (C=O) groups is 2. The van der Waals surface area contributed by atoms with Crippen molar-refractivity contribution in [2.45, 2.75) is 45.6 Å². The summed E-state index contributed by atoms with van der Waals surface area (Å²) in [5, 5.41) is 5.55. The second kappa shape index (κ2) is 11.6. The molecule has 1 aromatic heterocycles. The van der Waals surface area contributed by atoms with Crippen molar-refractivity contribution in [1.82, 2.24) is 15.3 Å². The average molecular weight is 433 g/mol. The zero-order chi connectivity index (χ0) is 22.8. The molecule has 166 valence electrons. The van der Waals surface area contributed by atoms with Crippen LogP contribution in [0.5, 0.6) is 11.5 Å². The summed E-state index contributed by atoms with van der Waals surface area (Å²) in [4.78, 5) is 33.8. The summed E-state index contributed by atoms with van der Waals surface area (Å²) in [5.74, 6) is 1.06. The number of carbonyl (C=O) groups excluding carboxylic acids is 2. The molecule has 0 aliphatic carbocycles. The monoisotopic (exact) mass is 432 g/mol. The van der Waals surface area contributed by atoms with Crippen molar-refractivity contribution in [1.29, 1.82) is 0 Å². The van der Waals surface area contributed by atoms with Gasteiger partial charge in [0, 0.05) is 11.9 Å². The van der Waals surface area contributed by atoms with Crippen LogP contribution >= 0.6 is 0 Å². The molecule has 0 radical (unpaired) electrons. The van der Waals surface area contributed by atoms with Crippen LogP contribution in [0.3, 0.4) is 0 Å². The molecule has 3 aromatic rings. The second-order valence-corrected chi connectivity index (χ2v) is 7.36. The van der Waals surface area contributed by atoms with Gasteiger partial charge >= 0.3 is 0 Å². The van der Waals surface area contributed by atoms with Crippen molar-refractivity contribution in [3.63, 3.8) is 0 Å². The van der Waals surface area contributed by atoms with Crippen LogP contribution in [0.25, 0.3) is 0 Å². The summed E-state index contributed by atoms with van der Waals surface area (Å²) in [6.45, 7) is 3.94. The Morgan fingerprint density at radius 3 is 2.53 bits per heavy atom. The van der Waals surface area contributed by atoms with E-state index in [1.807, 2.05) is 68.4 Å². The van der Waals surface area contributed by atoms with Crippen LogP contribution < -0.4 is 15.4 Å². The largest absolute Gasteiger partial charge is 0.457 e. The van der Waals surface area contributed by atoms with Crippen LogP contribution in [0.4, 0.5) is 5.95 Å². The Balaban J connectivity index is 1.60. The standard InChI is InChI=1S/C25H28N4O3/c1-3-9-22(24(31)29-25-26-15-14-19(4-2)27-25)28-23(30)17-18-10-8-13-21(16-18)32-20-11-6-5-7-12-20/h5-8,10-16,22H,3-4,9,17H2,1-2H3,(H,28,30)(H,26,27,29,31). The van der Waals surface area contributed by atoms with Gasteiger partial charge in [-0.25, -0.2) is 9.97 Å². The van der Waals surface area contributed by atoms with Gasteiger partial charge in [0.1, 0.15) is 17.5 Å². The van der Waals surface area contributed by atoms with Gasteiger partial charge in [0.15, 0.2) is 0 Å². The van der Waals surface area contributed by atoms with Gasteiger partial charge in [-0.1, -0.05) is 50.6 Å². The van der Waals surface area contributed by atoms with E-state index < -0.39 is 6.04 Å². The molecule has 0 saturated carbocycles. The Morgan fingerprint density at radius 2 is 1.78 bits per heavy atom. The maximum Gasteiger partial charge on any atom is 0.249 e. The zero-order valence-electron chi connectivity index (χ0n) is 18.4. The molecule has 1 unspecified atom stereocenters. The minimum Gasteiger partial charge on any atom is -0.457 e. The van der Waals surface area contributed by atoms with Gasteiger partial charge in [-0.15, -0.1) is 0 Å². The van der Waals surface area contributed by atoms with E-state index in [1.165, 1.54) is 0 Å². The highest BCUT2D eigenvalue weighted by Gasteiger charge is 2.21. The van der Waals surface area contributed by atoms with Crippen LogP contribution in [0.2, 0.25) is 0 Å². The predicted molar refractivity (Wildman–Crippen MR) is 124 cm³/mol. The first-order chi connectivity index (χ1) is 15.6. The smallest absolute Gasteiger partial charge is 0.249 e. The Bertz CT molecular complexity index is 1040. The number of nitrogens with one attached hydrogen (secondary N) is 2. The van der Waals surface area contributed by atoms with Crippen LogP contribution in [-0.4, -0.2) is 27.8 Å². The fourth-order valence-electron chi connectivity index (χ4n) is 3.18. The number of aromatic nitrogens is 2. The number of benzene rings is 2. The van der Waals surface area contributed by atoms with Crippen molar-refractivity contribution >= 4 is 17.8 Å². The van der Waals surface area contributed by atoms with Crippen LogP contribution in [-0.2, 0) is 22.4 Å². The summed E-state index contributed by atoms with van der Waals surface area (Å²) < 4.78 is 5.83. The molecule has 0 spiro atoms. The molecule has 32 heavy (non-hydrogen) atoms. The van der Waals surface area contributed by atoms with Crippen molar-refractivity contribution < 1.29 is 14.3 Å². The van der Waals surface area contributed by atoms with Gasteiger partial charge in [-0.05, 0) is 48.7 Å². The Morgan fingerprint density at radius 1 is 1.00 bits per heavy atom. The highest BCUT2D eigenvalue weighted by Crippen LogP contribution is 2.22. The first kappa shape index (κ1) is 22.9. The Labute approximate surface area is 188 Å². The molecule has 0 bridgehead atoms. The van der Waals surface area contributed by atoms with E-state index in [9.17, 15) is 9.59 Å². The first-order valence-electron chi connectivity index (χ1n) is 10.8. The highest BCUT2D eigenvalue weighted by atomic mass is 16.5. The molecule has 0 fully saturated rings. The summed E-state index contributed by atoms with van der Waals surface area (Å²) in [7, 11) is 0. The van der Waals surface area contributed by atoms with Crippen molar-refractivity contribution in [2.24, 2.45) is 0 Å². The molecule has 0 aliphatic heterocycles. The maximum absolute atomic E-state index is 12.7. The number of amides is 2. The van der Waals surface area contributed by atoms with Gasteiger partial charge in [-0.3, -0.25) is 14.9 Å². The number of aryl methyl sites for hydroxylation is 1. The molecule has 2 amide bonds. The number of para-hydroxylation sites is 1. The molecule has 1 atom stereocenters. The molecule has 1 heterocycles. The number of anilines is 1. The molecule has 7 heteroatoms. The zero-order valence-corrected chi connectivity index (χ0v) is 18.4. The fourth-order valence-corrected chi connectivity index (χ4v) is 3.18. The van der Waals surface area contributed by atoms with Gasteiger partial charge < -0.3 is 10.1 Å². The minimum atomic E-state index is -0.662. The minimum absolute atomic E-state index is 0.140. The summed E-state index contributed by atoms with van der Waals surface area (Å²) in [6, 6.07) is 18.0. The van der Waals surface area contributed by atoms with E-state index in [1.54, 1.807) is 12.3 Å². The lowest BCUT2D eigenvalue weighted by molar-refractivity contribution is -0.126. The van der Waals surface area contributed by atoms with Gasteiger partial charge in [0.05, 0.1) is 6.42 Å². The van der Waals surface area contributed by atoms with Gasteiger partial charge in [0.25, 0.3) is 0 Å². The molecule has 7 nitrogen and oxygen atoms in total. The van der Waals surface area contributed by atoms with Gasteiger partial charge in [0.2, 0.25) is 17.8 Å². The topological polar surface area (TPSA) is 93.2 Å². The van der Waals surface area contributed by atoms with E-state index in [-0.39, 0.29) is 24.2 Å². The third-order valence-corrected chi connectivity index (χ3v) is 4.78. The third kappa shape index (κ3) is 6.91. The van der Waals surface area contributed by atoms with Crippen molar-refractivity contribution in [3.05, 3.63) is 78.1 Å². The van der Waals surface area contributed by atoms with E-state index in [2.05, 4.69) is 20.6 Å². The lowest BCUT2D eigenvalue weighted by Crippen LogP contribution is -2.44.